The van der Waals surface area contributed by atoms with Gasteiger partial charge in [-0.05, 0) is 0 Å². The first-order valence-electron chi connectivity index (χ1n) is 9.99. The van der Waals surface area contributed by atoms with Crippen molar-refractivity contribution in [3.63, 3.8) is 0 Å². The lowest BCUT2D eigenvalue weighted by molar-refractivity contribution is -0.138. The minimum absolute atomic E-state index is 0.0707. The zero-order valence-electron chi connectivity index (χ0n) is 17.0. The number of hydrogen-bond acceptors (Lipinski definition) is 8. The van der Waals surface area contributed by atoms with Crippen molar-refractivity contribution in [3.05, 3.63) is 0 Å². The van der Waals surface area contributed by atoms with Gasteiger partial charge in [-0.1, -0.05) is 0 Å². The number of ketones is 2. The third-order valence-corrected chi connectivity index (χ3v) is 9.74. The monoisotopic (exact) mass is 448 g/mol. The molecule has 3 aliphatic heterocycles. The molecule has 8 heteroatoms. The van der Waals surface area contributed by atoms with E-state index in [0.717, 1.165) is 34.5 Å². The van der Waals surface area contributed by atoms with Crippen LogP contribution in [0.1, 0.15) is 12.8 Å². The largest absolute Gasteiger partial charge is 0.381 e. The second-order valence-corrected chi connectivity index (χ2v) is 11.1. The number of methoxy groups -OCH3 is 3. The smallest absolute Gasteiger partial charge is 0.140 e. The molecule has 5 nitrogen and oxygen atoms in total. The fraction of sp³-hybridized carbons (Fsp3) is 0.900. The number of rotatable bonds is 7. The molecule has 3 heterocycles. The van der Waals surface area contributed by atoms with Crippen LogP contribution in [0.3, 0.4) is 0 Å². The lowest BCUT2D eigenvalue weighted by atomic mass is 9.76. The third-order valence-electron chi connectivity index (χ3n) is 6.33. The van der Waals surface area contributed by atoms with Gasteiger partial charge in [-0.3, -0.25) is 9.59 Å². The van der Waals surface area contributed by atoms with Crippen molar-refractivity contribution in [1.82, 2.24) is 0 Å². The van der Waals surface area contributed by atoms with Crippen molar-refractivity contribution >= 4 is 46.9 Å². The normalized spacial score (nSPS) is 36.9. The van der Waals surface area contributed by atoms with Crippen LogP contribution < -0.4 is 0 Å². The van der Waals surface area contributed by atoms with Gasteiger partial charge in [-0.2, -0.15) is 35.3 Å². The molecule has 0 radical (unpaired) electrons. The van der Waals surface area contributed by atoms with Crippen LogP contribution in [0.2, 0.25) is 0 Å². The van der Waals surface area contributed by atoms with Crippen molar-refractivity contribution in [2.24, 2.45) is 23.7 Å². The Morgan fingerprint density at radius 3 is 1.57 bits per heavy atom. The van der Waals surface area contributed by atoms with Crippen LogP contribution >= 0.6 is 35.3 Å². The summed E-state index contributed by atoms with van der Waals surface area (Å²) >= 11 is 5.55. The molecule has 3 aliphatic rings. The summed E-state index contributed by atoms with van der Waals surface area (Å²) in [4.78, 5) is 25.2. The van der Waals surface area contributed by atoms with Crippen LogP contribution in [0, 0.1) is 23.7 Å². The fourth-order valence-corrected chi connectivity index (χ4v) is 8.64. The Morgan fingerprint density at radius 1 is 0.750 bits per heavy atom. The van der Waals surface area contributed by atoms with Crippen molar-refractivity contribution in [3.8, 4) is 0 Å². The van der Waals surface area contributed by atoms with Gasteiger partial charge in [0, 0.05) is 80.5 Å². The number of Topliss-reactive ketones (excluding diaryl/α,β-unsaturated/α-hetero) is 2. The van der Waals surface area contributed by atoms with Gasteiger partial charge in [0.2, 0.25) is 0 Å². The average Bonchev–Trinajstić information content (AvgIpc) is 2.72. The molecule has 0 saturated carbocycles. The highest BCUT2D eigenvalue weighted by Crippen LogP contribution is 2.41. The molecule has 1 unspecified atom stereocenters. The first-order valence-corrected chi connectivity index (χ1v) is 13.5. The Hall–Kier alpha value is 0.270. The fourth-order valence-electron chi connectivity index (χ4n) is 4.91. The second-order valence-electron chi connectivity index (χ2n) is 7.76. The molecule has 0 spiro atoms. The average molecular weight is 449 g/mol. The van der Waals surface area contributed by atoms with E-state index in [1.54, 1.807) is 21.3 Å². The number of carbonyl (C=O) groups excluding carboxylic acids is 2. The Labute approximate surface area is 181 Å². The Morgan fingerprint density at radius 2 is 1.21 bits per heavy atom. The van der Waals surface area contributed by atoms with Crippen LogP contribution in [0.5, 0.6) is 0 Å². The molecule has 28 heavy (non-hydrogen) atoms. The molecule has 3 fully saturated rings. The number of ether oxygens (including phenoxy) is 3. The molecule has 7 atom stereocenters. The van der Waals surface area contributed by atoms with Crippen LogP contribution in [-0.4, -0.2) is 85.7 Å². The van der Waals surface area contributed by atoms with Gasteiger partial charge in [-0.25, -0.2) is 0 Å². The Bertz CT molecular complexity index is 502. The van der Waals surface area contributed by atoms with Gasteiger partial charge < -0.3 is 14.2 Å². The number of thioether (sulfide) groups is 3. The summed E-state index contributed by atoms with van der Waals surface area (Å²) in [5.41, 5.74) is 0. The molecular formula is C20H32O5S3. The van der Waals surface area contributed by atoms with Crippen LogP contribution in [-0.2, 0) is 23.8 Å². The first kappa shape index (κ1) is 22.9. The highest BCUT2D eigenvalue weighted by atomic mass is 32.2. The van der Waals surface area contributed by atoms with Gasteiger partial charge in [0.15, 0.2) is 0 Å². The summed E-state index contributed by atoms with van der Waals surface area (Å²) in [7, 11) is 5.18. The molecule has 160 valence electrons. The Balaban J connectivity index is 1.80. The zero-order valence-corrected chi connectivity index (χ0v) is 19.4. The van der Waals surface area contributed by atoms with Crippen molar-refractivity contribution in [2.45, 2.75) is 31.2 Å². The van der Waals surface area contributed by atoms with Crippen molar-refractivity contribution < 1.29 is 23.8 Å². The van der Waals surface area contributed by atoms with E-state index in [1.807, 2.05) is 35.3 Å². The van der Waals surface area contributed by atoms with Crippen molar-refractivity contribution in [1.29, 1.82) is 0 Å². The Kier molecular flexibility index (Phi) is 9.05. The first-order chi connectivity index (χ1) is 13.6. The molecule has 0 aromatic carbocycles. The van der Waals surface area contributed by atoms with Crippen LogP contribution in [0.4, 0.5) is 0 Å². The van der Waals surface area contributed by atoms with Gasteiger partial charge in [0.25, 0.3) is 0 Å². The summed E-state index contributed by atoms with van der Waals surface area (Å²) in [5, 5.41) is 0. The molecule has 0 N–H and O–H groups in total. The van der Waals surface area contributed by atoms with Gasteiger partial charge in [-0.15, -0.1) is 0 Å². The van der Waals surface area contributed by atoms with E-state index < -0.39 is 0 Å². The lowest BCUT2D eigenvalue weighted by Crippen LogP contribution is -2.55. The summed E-state index contributed by atoms with van der Waals surface area (Å²) in [6, 6.07) is 0. The maximum atomic E-state index is 12.6. The lowest BCUT2D eigenvalue weighted by Gasteiger charge is -2.46. The summed E-state index contributed by atoms with van der Waals surface area (Å²) < 4.78 is 17.9. The molecular weight excluding hydrogens is 416 g/mol. The highest BCUT2D eigenvalue weighted by molar-refractivity contribution is 7.99. The zero-order chi connectivity index (χ0) is 20.1. The minimum atomic E-state index is -0.144. The van der Waals surface area contributed by atoms with Crippen LogP contribution in [0.25, 0.3) is 0 Å². The maximum absolute atomic E-state index is 12.6. The standard InChI is InChI=1S/C20H32O5S3/c1-23-18(12-8-26-6-4-16(12)21)14-10-28-11-15(20(14)25-3)19(24-2)13-9-27-7-5-17(13)22/h12-15,18-20H,4-11H2,1-3H3/t12-,13+,14+,15-,18+,19-,20?. The minimum Gasteiger partial charge on any atom is -0.381 e. The molecule has 0 aromatic rings. The predicted octanol–water partition coefficient (Wildman–Crippen LogP) is 2.66. The topological polar surface area (TPSA) is 61.8 Å². The van der Waals surface area contributed by atoms with E-state index in [9.17, 15) is 9.59 Å². The third kappa shape index (κ3) is 4.94. The SMILES string of the molecule is COC1[C@H]([C@@H](OC)[C@@H]2CSCCC2=O)CSC[C@@H]1[C@H](OC)[C@H]1CSCCC1=O. The predicted molar refractivity (Wildman–Crippen MR) is 118 cm³/mol. The van der Waals surface area contributed by atoms with Crippen molar-refractivity contribution in [2.75, 3.05) is 55.8 Å². The molecule has 0 aromatic heterocycles. The molecule has 0 amide bonds. The van der Waals surface area contributed by atoms with Gasteiger partial charge in [0.1, 0.15) is 11.6 Å². The molecule has 0 bridgehead atoms. The van der Waals surface area contributed by atoms with Gasteiger partial charge in [0.05, 0.1) is 30.1 Å². The van der Waals surface area contributed by atoms with Gasteiger partial charge >= 0.3 is 0 Å². The van der Waals surface area contributed by atoms with E-state index in [2.05, 4.69) is 0 Å². The maximum Gasteiger partial charge on any atom is 0.140 e. The summed E-state index contributed by atoms with van der Waals surface area (Å²) in [6.07, 6.45) is 0.898. The van der Waals surface area contributed by atoms with E-state index in [-0.39, 0.29) is 42.0 Å². The van der Waals surface area contributed by atoms with E-state index in [1.165, 1.54) is 0 Å². The van der Waals surface area contributed by atoms with E-state index in [4.69, 9.17) is 14.2 Å². The number of hydrogen-bond donors (Lipinski definition) is 0. The van der Waals surface area contributed by atoms with E-state index in [0.29, 0.717) is 24.4 Å². The van der Waals surface area contributed by atoms with Crippen LogP contribution in [0.15, 0.2) is 0 Å². The summed E-state index contributed by atoms with van der Waals surface area (Å²) in [6.45, 7) is 0. The second kappa shape index (κ2) is 11.0. The van der Waals surface area contributed by atoms with E-state index >= 15 is 0 Å². The molecule has 3 saturated heterocycles. The quantitative estimate of drug-likeness (QED) is 0.589. The molecule has 3 rings (SSSR count). The highest BCUT2D eigenvalue weighted by Gasteiger charge is 2.48. The molecule has 0 aliphatic carbocycles. The summed E-state index contributed by atoms with van der Waals surface area (Å²) in [5.74, 6) is 6.02. The number of carbonyl (C=O) groups is 2.